The third kappa shape index (κ3) is 9.38. The van der Waals surface area contributed by atoms with Crippen molar-refractivity contribution in [2.75, 3.05) is 6.61 Å². The van der Waals surface area contributed by atoms with Gasteiger partial charge in [0.05, 0.1) is 6.61 Å². The van der Waals surface area contributed by atoms with E-state index < -0.39 is 0 Å². The lowest BCUT2D eigenvalue weighted by molar-refractivity contribution is -0.122. The fourth-order valence-corrected chi connectivity index (χ4v) is 2.10. The number of carbonyl (C=O) groups excluding carboxylic acids is 1. The predicted molar refractivity (Wildman–Crippen MR) is 95.5 cm³/mol. The summed E-state index contributed by atoms with van der Waals surface area (Å²) < 4.78 is 5.64. The molecule has 2 heteroatoms. The Morgan fingerprint density at radius 3 is 2.55 bits per heavy atom. The van der Waals surface area contributed by atoms with E-state index in [2.05, 4.69) is 38.3 Å². The van der Waals surface area contributed by atoms with E-state index in [0.717, 1.165) is 50.9 Å². The van der Waals surface area contributed by atoms with Gasteiger partial charge in [0, 0.05) is 12.3 Å². The van der Waals surface area contributed by atoms with Crippen molar-refractivity contribution >= 4 is 5.78 Å². The molecule has 0 heterocycles. The minimum absolute atomic E-state index is 0.183. The van der Waals surface area contributed by atoms with E-state index in [9.17, 15) is 4.79 Å². The molecule has 0 amide bonds. The number of ketones is 1. The van der Waals surface area contributed by atoms with E-state index >= 15 is 0 Å². The smallest absolute Gasteiger partial charge is 0.135 e. The van der Waals surface area contributed by atoms with Crippen LogP contribution in [0.2, 0.25) is 0 Å². The van der Waals surface area contributed by atoms with Crippen molar-refractivity contribution in [3.05, 3.63) is 43.0 Å². The van der Waals surface area contributed by atoms with E-state index in [1.165, 1.54) is 5.56 Å². The van der Waals surface area contributed by atoms with Crippen molar-refractivity contribution in [2.24, 2.45) is 5.92 Å². The molecule has 124 valence electrons. The van der Waals surface area contributed by atoms with Crippen LogP contribution in [0.5, 0.6) is 5.75 Å². The molecule has 22 heavy (non-hydrogen) atoms. The molecule has 0 N–H and O–H groups in total. The van der Waals surface area contributed by atoms with Gasteiger partial charge in [0.2, 0.25) is 0 Å². The monoisotopic (exact) mass is 304 g/mol. The van der Waals surface area contributed by atoms with E-state index in [4.69, 9.17) is 4.74 Å². The first-order chi connectivity index (χ1) is 10.6. The largest absolute Gasteiger partial charge is 0.494 e. The zero-order chi connectivity index (χ0) is 16.8. The maximum absolute atomic E-state index is 11.5. The highest BCUT2D eigenvalue weighted by Gasteiger charge is 2.06. The van der Waals surface area contributed by atoms with Crippen molar-refractivity contribution in [1.82, 2.24) is 0 Å². The molecular formula is C20H32O2. The summed E-state index contributed by atoms with van der Waals surface area (Å²) in [4.78, 5) is 11.5. The number of carbonyl (C=O) groups is 1. The third-order valence-electron chi connectivity index (χ3n) is 3.40. The summed E-state index contributed by atoms with van der Waals surface area (Å²) in [5, 5.41) is 0. The van der Waals surface area contributed by atoms with E-state index in [-0.39, 0.29) is 5.92 Å². The van der Waals surface area contributed by atoms with Crippen molar-refractivity contribution in [1.29, 1.82) is 0 Å². The third-order valence-corrected chi connectivity index (χ3v) is 3.40. The van der Waals surface area contributed by atoms with Crippen LogP contribution in [0.15, 0.2) is 37.4 Å². The molecule has 0 aromatic heterocycles. The number of ether oxygens (including phenoxy) is 1. The molecule has 0 aliphatic rings. The lowest BCUT2D eigenvalue weighted by Crippen LogP contribution is -2.06. The quantitative estimate of drug-likeness (QED) is 0.415. The van der Waals surface area contributed by atoms with Gasteiger partial charge in [-0.3, -0.25) is 4.79 Å². The first-order valence-electron chi connectivity index (χ1n) is 8.38. The maximum atomic E-state index is 11.5. The summed E-state index contributed by atoms with van der Waals surface area (Å²) in [6.45, 7) is 12.8. The first kappa shape index (κ1) is 20.4. The molecule has 0 aliphatic carbocycles. The summed E-state index contributed by atoms with van der Waals surface area (Å²) in [6.07, 6.45) is 6.12. The summed E-state index contributed by atoms with van der Waals surface area (Å²) in [5.41, 5.74) is 1.33. The van der Waals surface area contributed by atoms with E-state index in [1.807, 2.05) is 19.9 Å². The van der Waals surface area contributed by atoms with Crippen LogP contribution in [0.3, 0.4) is 0 Å². The van der Waals surface area contributed by atoms with Crippen molar-refractivity contribution in [3.63, 3.8) is 0 Å². The van der Waals surface area contributed by atoms with Gasteiger partial charge in [-0.1, -0.05) is 39.3 Å². The minimum atomic E-state index is 0.183. The Balaban J connectivity index is 0.00000211. The number of rotatable bonds is 10. The van der Waals surface area contributed by atoms with Gasteiger partial charge in [-0.25, -0.2) is 0 Å². The van der Waals surface area contributed by atoms with Gasteiger partial charge in [0.25, 0.3) is 0 Å². The normalized spacial score (nSPS) is 10.0. The lowest BCUT2D eigenvalue weighted by atomic mass is 10.0. The summed E-state index contributed by atoms with van der Waals surface area (Å²) in [5.74, 6) is 1.54. The zero-order valence-corrected chi connectivity index (χ0v) is 14.6. The summed E-state index contributed by atoms with van der Waals surface area (Å²) >= 11 is 0. The number of unbranched alkanes of at least 4 members (excludes halogenated alkanes) is 2. The second-order valence-corrected chi connectivity index (χ2v) is 5.68. The topological polar surface area (TPSA) is 26.3 Å². The average molecular weight is 304 g/mol. The molecule has 2 nitrogen and oxygen atoms in total. The van der Waals surface area contributed by atoms with Gasteiger partial charge in [-0.15, -0.1) is 13.2 Å². The standard InChI is InChI=1S/C18H28O2.C2H4/c1-4-13-20-17-11-8-10-16(14-17)9-6-5-7-12-18(19)15(2)3;1-2/h8,10-11,14-15H,4-7,9,12-13H2,1-3H3;1-2H2. The number of Topliss-reactive ketones (excluding diaryl/α,β-unsaturated/α-hetero) is 1. The van der Waals surface area contributed by atoms with Crippen LogP contribution >= 0.6 is 0 Å². The highest BCUT2D eigenvalue weighted by Crippen LogP contribution is 2.16. The Morgan fingerprint density at radius 2 is 1.91 bits per heavy atom. The second-order valence-electron chi connectivity index (χ2n) is 5.68. The molecule has 0 spiro atoms. The fourth-order valence-electron chi connectivity index (χ4n) is 2.10. The molecule has 0 saturated heterocycles. The number of hydrogen-bond acceptors (Lipinski definition) is 2. The molecule has 1 aromatic rings. The zero-order valence-electron chi connectivity index (χ0n) is 14.6. The lowest BCUT2D eigenvalue weighted by Gasteiger charge is -2.07. The van der Waals surface area contributed by atoms with Gasteiger partial charge in [-0.2, -0.15) is 0 Å². The number of benzene rings is 1. The summed E-state index contributed by atoms with van der Waals surface area (Å²) in [6, 6.07) is 8.36. The number of hydrogen-bond donors (Lipinski definition) is 0. The van der Waals surface area contributed by atoms with E-state index in [1.54, 1.807) is 0 Å². The average Bonchev–Trinajstić information content (AvgIpc) is 2.54. The summed E-state index contributed by atoms with van der Waals surface area (Å²) in [7, 11) is 0. The van der Waals surface area contributed by atoms with Crippen LogP contribution in [0.4, 0.5) is 0 Å². The molecular weight excluding hydrogens is 272 g/mol. The van der Waals surface area contributed by atoms with Gasteiger partial charge < -0.3 is 4.74 Å². The van der Waals surface area contributed by atoms with Crippen molar-refractivity contribution in [3.8, 4) is 5.75 Å². The molecule has 1 rings (SSSR count). The van der Waals surface area contributed by atoms with Crippen LogP contribution < -0.4 is 4.74 Å². The Kier molecular flexibility index (Phi) is 12.2. The molecule has 0 atom stereocenters. The SMILES string of the molecule is C=C.CCCOc1cccc(CCCCCC(=O)C(C)C)c1. The van der Waals surface area contributed by atoms with E-state index in [0.29, 0.717) is 5.78 Å². The molecule has 0 fully saturated rings. The molecule has 0 aliphatic heterocycles. The maximum Gasteiger partial charge on any atom is 0.135 e. The highest BCUT2D eigenvalue weighted by molar-refractivity contribution is 5.80. The van der Waals surface area contributed by atoms with Crippen LogP contribution in [0, 0.1) is 5.92 Å². The second kappa shape index (κ2) is 13.1. The minimum Gasteiger partial charge on any atom is -0.494 e. The Hall–Kier alpha value is -1.57. The Bertz CT molecular complexity index is 410. The molecule has 0 radical (unpaired) electrons. The van der Waals surface area contributed by atoms with Crippen LogP contribution in [-0.2, 0) is 11.2 Å². The van der Waals surface area contributed by atoms with Gasteiger partial charge in [-0.05, 0) is 43.4 Å². The van der Waals surface area contributed by atoms with Gasteiger partial charge >= 0.3 is 0 Å². The van der Waals surface area contributed by atoms with Crippen LogP contribution in [0.1, 0.15) is 58.4 Å². The van der Waals surface area contributed by atoms with Crippen molar-refractivity contribution in [2.45, 2.75) is 59.3 Å². The number of aryl methyl sites for hydroxylation is 1. The first-order valence-corrected chi connectivity index (χ1v) is 8.38. The fraction of sp³-hybridized carbons (Fsp3) is 0.550. The molecule has 0 saturated carbocycles. The van der Waals surface area contributed by atoms with Gasteiger partial charge in [0.15, 0.2) is 0 Å². The Labute approximate surface area is 136 Å². The van der Waals surface area contributed by atoms with Crippen LogP contribution in [0.25, 0.3) is 0 Å². The highest BCUT2D eigenvalue weighted by atomic mass is 16.5. The molecule has 0 unspecified atom stereocenters. The van der Waals surface area contributed by atoms with Crippen molar-refractivity contribution < 1.29 is 9.53 Å². The molecule has 1 aromatic carbocycles. The molecule has 0 bridgehead atoms. The predicted octanol–water partition coefficient (Wildman–Crippen LogP) is 5.61. The Morgan fingerprint density at radius 1 is 1.18 bits per heavy atom. The van der Waals surface area contributed by atoms with Gasteiger partial charge in [0.1, 0.15) is 11.5 Å². The van der Waals surface area contributed by atoms with Crippen LogP contribution in [-0.4, -0.2) is 12.4 Å².